The molecule has 2 aromatic rings. The van der Waals surface area contributed by atoms with Gasteiger partial charge in [0.2, 0.25) is 0 Å². The quantitative estimate of drug-likeness (QED) is 0.836. The Hall–Kier alpha value is -1.34. The lowest BCUT2D eigenvalue weighted by Gasteiger charge is -2.06. The van der Waals surface area contributed by atoms with E-state index in [-0.39, 0.29) is 6.42 Å². The second kappa shape index (κ2) is 5.53. The third kappa shape index (κ3) is 2.73. The molecule has 0 radical (unpaired) electrons. The van der Waals surface area contributed by atoms with E-state index in [1.54, 1.807) is 24.5 Å². The summed E-state index contributed by atoms with van der Waals surface area (Å²) in [5, 5.41) is 9.79. The molecule has 0 aliphatic rings. The Balaban J connectivity index is 2.46. The van der Waals surface area contributed by atoms with Gasteiger partial charge in [-0.3, -0.25) is 0 Å². The van der Waals surface area contributed by atoms with E-state index in [9.17, 15) is 0 Å². The number of benzene rings is 1. The highest BCUT2D eigenvalue weighted by molar-refractivity contribution is 6.41. The molecule has 0 saturated carbocycles. The first-order valence-electron chi connectivity index (χ1n) is 4.94. The summed E-state index contributed by atoms with van der Waals surface area (Å²) in [5.74, 6) is 0.406. The summed E-state index contributed by atoms with van der Waals surface area (Å²) in [4.78, 5) is 8.29. The van der Waals surface area contributed by atoms with E-state index in [2.05, 4.69) is 9.97 Å². The molecular weight excluding hydrogens is 293 g/mol. The lowest BCUT2D eigenvalue weighted by Crippen LogP contribution is -1.93. The predicted octanol–water partition coefficient (Wildman–Crippen LogP) is 4.17. The summed E-state index contributed by atoms with van der Waals surface area (Å²) in [6.45, 7) is 0. The van der Waals surface area contributed by atoms with E-state index in [0.717, 1.165) is 5.56 Å². The lowest BCUT2D eigenvalue weighted by molar-refractivity contribution is 1.10. The smallest absolute Gasteiger partial charge is 0.162 e. The predicted molar refractivity (Wildman–Crippen MR) is 71.8 cm³/mol. The maximum atomic E-state index is 8.56. The van der Waals surface area contributed by atoms with Crippen molar-refractivity contribution in [1.29, 1.82) is 5.26 Å². The van der Waals surface area contributed by atoms with Crippen molar-refractivity contribution in [3.8, 4) is 17.5 Å². The van der Waals surface area contributed by atoms with E-state index >= 15 is 0 Å². The van der Waals surface area contributed by atoms with Crippen LogP contribution in [0.15, 0.2) is 24.5 Å². The number of rotatable bonds is 2. The van der Waals surface area contributed by atoms with Gasteiger partial charge in [-0.2, -0.15) is 5.26 Å². The highest BCUT2D eigenvalue weighted by Crippen LogP contribution is 2.35. The standard InChI is InChI=1S/C12H6Cl3N3/c13-8-3-9(14)11(10(15)4-8)12-17-5-7(1-2-16)6-18-12/h3-6H,1H2. The molecule has 0 aliphatic carbocycles. The fourth-order valence-electron chi connectivity index (χ4n) is 1.42. The maximum Gasteiger partial charge on any atom is 0.162 e. The molecule has 0 amide bonds. The maximum absolute atomic E-state index is 8.56. The highest BCUT2D eigenvalue weighted by Gasteiger charge is 2.12. The topological polar surface area (TPSA) is 49.6 Å². The third-order valence-corrected chi connectivity index (χ3v) is 3.03. The van der Waals surface area contributed by atoms with Crippen LogP contribution in [0.3, 0.4) is 0 Å². The molecule has 0 atom stereocenters. The Labute approximate surface area is 119 Å². The molecule has 0 unspecified atom stereocenters. The van der Waals surface area contributed by atoms with Crippen molar-refractivity contribution in [1.82, 2.24) is 9.97 Å². The van der Waals surface area contributed by atoms with E-state index in [4.69, 9.17) is 40.1 Å². The van der Waals surface area contributed by atoms with Gasteiger partial charge in [-0.1, -0.05) is 34.8 Å². The Morgan fingerprint density at radius 3 is 2.11 bits per heavy atom. The Bertz CT molecular complexity index is 594. The van der Waals surface area contributed by atoms with Crippen LogP contribution in [0.2, 0.25) is 15.1 Å². The molecular formula is C12H6Cl3N3. The minimum Gasteiger partial charge on any atom is -0.236 e. The number of aromatic nitrogens is 2. The Morgan fingerprint density at radius 2 is 1.61 bits per heavy atom. The van der Waals surface area contributed by atoms with Crippen molar-refractivity contribution in [2.24, 2.45) is 0 Å². The molecule has 2 rings (SSSR count). The van der Waals surface area contributed by atoms with Gasteiger partial charge in [0, 0.05) is 23.0 Å². The Kier molecular flexibility index (Phi) is 4.03. The van der Waals surface area contributed by atoms with E-state index in [1.807, 2.05) is 6.07 Å². The van der Waals surface area contributed by atoms with E-state index in [0.29, 0.717) is 26.5 Å². The average Bonchev–Trinajstić information content (AvgIpc) is 2.30. The van der Waals surface area contributed by atoms with E-state index < -0.39 is 0 Å². The minimum absolute atomic E-state index is 0.266. The summed E-state index contributed by atoms with van der Waals surface area (Å²) >= 11 is 18.0. The van der Waals surface area contributed by atoms with Crippen LogP contribution >= 0.6 is 34.8 Å². The van der Waals surface area contributed by atoms with Gasteiger partial charge in [-0.05, 0) is 12.1 Å². The second-order valence-electron chi connectivity index (χ2n) is 3.49. The van der Waals surface area contributed by atoms with Crippen molar-refractivity contribution in [3.63, 3.8) is 0 Å². The van der Waals surface area contributed by atoms with Crippen LogP contribution in [0, 0.1) is 11.3 Å². The SMILES string of the molecule is N#CCc1cnc(-c2c(Cl)cc(Cl)cc2Cl)nc1. The van der Waals surface area contributed by atoms with Crippen molar-refractivity contribution in [2.75, 3.05) is 0 Å². The number of hydrogen-bond acceptors (Lipinski definition) is 3. The van der Waals surface area contributed by atoms with Gasteiger partial charge in [-0.25, -0.2) is 9.97 Å². The van der Waals surface area contributed by atoms with Crippen LogP contribution < -0.4 is 0 Å². The molecule has 1 aromatic heterocycles. The summed E-state index contributed by atoms with van der Waals surface area (Å²) in [7, 11) is 0. The van der Waals surface area contributed by atoms with Crippen LogP contribution in [0.4, 0.5) is 0 Å². The van der Waals surface area contributed by atoms with Gasteiger partial charge in [-0.15, -0.1) is 0 Å². The highest BCUT2D eigenvalue weighted by atomic mass is 35.5. The van der Waals surface area contributed by atoms with Crippen LogP contribution in [0.1, 0.15) is 5.56 Å². The monoisotopic (exact) mass is 297 g/mol. The van der Waals surface area contributed by atoms with Gasteiger partial charge < -0.3 is 0 Å². The second-order valence-corrected chi connectivity index (χ2v) is 4.75. The average molecular weight is 299 g/mol. The zero-order valence-corrected chi connectivity index (χ0v) is 11.3. The third-order valence-electron chi connectivity index (χ3n) is 2.22. The molecule has 6 heteroatoms. The largest absolute Gasteiger partial charge is 0.236 e. The summed E-state index contributed by atoms with van der Waals surface area (Å²) in [5.41, 5.74) is 1.27. The van der Waals surface area contributed by atoms with Gasteiger partial charge in [0.05, 0.1) is 28.1 Å². The van der Waals surface area contributed by atoms with Crippen molar-refractivity contribution >= 4 is 34.8 Å². The molecule has 0 bridgehead atoms. The van der Waals surface area contributed by atoms with Crippen molar-refractivity contribution in [2.45, 2.75) is 6.42 Å². The molecule has 90 valence electrons. The lowest BCUT2D eigenvalue weighted by atomic mass is 10.2. The molecule has 1 heterocycles. The first-order chi connectivity index (χ1) is 8.61. The first kappa shape index (κ1) is 13.1. The first-order valence-corrected chi connectivity index (χ1v) is 6.08. The summed E-state index contributed by atoms with van der Waals surface area (Å²) < 4.78 is 0. The molecule has 0 saturated heterocycles. The number of nitrogens with zero attached hydrogens (tertiary/aromatic N) is 3. The number of halogens is 3. The number of hydrogen-bond donors (Lipinski definition) is 0. The van der Waals surface area contributed by atoms with Crippen LogP contribution in [0.25, 0.3) is 11.4 Å². The van der Waals surface area contributed by atoms with Gasteiger partial charge in [0.1, 0.15) is 0 Å². The molecule has 1 aromatic carbocycles. The fraction of sp³-hybridized carbons (Fsp3) is 0.0833. The molecule has 3 nitrogen and oxygen atoms in total. The van der Waals surface area contributed by atoms with Gasteiger partial charge in [0.25, 0.3) is 0 Å². The fourth-order valence-corrected chi connectivity index (χ4v) is 2.41. The van der Waals surface area contributed by atoms with Gasteiger partial charge in [0.15, 0.2) is 5.82 Å². The zero-order valence-electron chi connectivity index (χ0n) is 8.99. The molecule has 0 aliphatic heterocycles. The van der Waals surface area contributed by atoms with Crippen molar-refractivity contribution < 1.29 is 0 Å². The summed E-state index contributed by atoms with van der Waals surface area (Å²) in [6.07, 6.45) is 3.42. The van der Waals surface area contributed by atoms with Crippen LogP contribution in [0.5, 0.6) is 0 Å². The molecule has 18 heavy (non-hydrogen) atoms. The Morgan fingerprint density at radius 1 is 1.06 bits per heavy atom. The molecule has 0 N–H and O–H groups in total. The summed E-state index contributed by atoms with van der Waals surface area (Å²) in [6, 6.07) is 5.18. The van der Waals surface area contributed by atoms with Gasteiger partial charge >= 0.3 is 0 Å². The van der Waals surface area contributed by atoms with E-state index in [1.165, 1.54) is 0 Å². The minimum atomic E-state index is 0.266. The molecule has 0 spiro atoms. The van der Waals surface area contributed by atoms with Crippen LogP contribution in [-0.4, -0.2) is 9.97 Å². The van der Waals surface area contributed by atoms with Crippen LogP contribution in [-0.2, 0) is 6.42 Å². The normalized spacial score (nSPS) is 10.1. The molecule has 0 fully saturated rings. The zero-order chi connectivity index (χ0) is 13.1. The number of nitriles is 1. The van der Waals surface area contributed by atoms with Crippen molar-refractivity contribution in [3.05, 3.63) is 45.2 Å².